The van der Waals surface area contributed by atoms with E-state index in [0.717, 1.165) is 5.69 Å². The van der Waals surface area contributed by atoms with Crippen LogP contribution in [0.1, 0.15) is 36.8 Å². The van der Waals surface area contributed by atoms with Crippen molar-refractivity contribution in [2.75, 3.05) is 0 Å². The zero-order chi connectivity index (χ0) is 17.3. The summed E-state index contributed by atoms with van der Waals surface area (Å²) >= 11 is 0. The molecule has 2 heterocycles. The van der Waals surface area contributed by atoms with E-state index in [-0.39, 0.29) is 10.8 Å². The SMILES string of the molecule is CC(C)c1nocc1-c1nc(Cc2cccc(S(N)(=O)=O)c2)no1. The second-order valence-electron chi connectivity index (χ2n) is 5.65. The molecule has 0 aliphatic carbocycles. The number of hydrogen-bond donors (Lipinski definition) is 1. The molecule has 0 aliphatic rings. The predicted molar refractivity (Wildman–Crippen MR) is 84.5 cm³/mol. The van der Waals surface area contributed by atoms with Crippen LogP contribution in [0, 0.1) is 0 Å². The average molecular weight is 348 g/mol. The van der Waals surface area contributed by atoms with Crippen molar-refractivity contribution in [3.05, 3.63) is 47.6 Å². The van der Waals surface area contributed by atoms with Gasteiger partial charge in [-0.05, 0) is 23.6 Å². The molecule has 8 nitrogen and oxygen atoms in total. The lowest BCUT2D eigenvalue weighted by Gasteiger charge is -2.01. The maximum Gasteiger partial charge on any atom is 0.263 e. The fraction of sp³-hybridized carbons (Fsp3) is 0.267. The molecular formula is C15H16N4O4S. The molecule has 2 aromatic heterocycles. The largest absolute Gasteiger partial charge is 0.364 e. The molecule has 3 aromatic rings. The Labute approximate surface area is 138 Å². The Kier molecular flexibility index (Phi) is 4.20. The van der Waals surface area contributed by atoms with Gasteiger partial charge in [-0.3, -0.25) is 0 Å². The van der Waals surface area contributed by atoms with E-state index in [0.29, 0.717) is 29.3 Å². The fourth-order valence-corrected chi connectivity index (χ4v) is 2.86. The quantitative estimate of drug-likeness (QED) is 0.748. The van der Waals surface area contributed by atoms with Gasteiger partial charge in [0.25, 0.3) is 5.89 Å². The Bertz CT molecular complexity index is 959. The van der Waals surface area contributed by atoms with Crippen LogP contribution in [-0.4, -0.2) is 23.7 Å². The second-order valence-corrected chi connectivity index (χ2v) is 7.21. The first-order valence-corrected chi connectivity index (χ1v) is 8.78. The van der Waals surface area contributed by atoms with Crippen LogP contribution in [0.25, 0.3) is 11.5 Å². The molecule has 0 fully saturated rings. The number of rotatable bonds is 5. The van der Waals surface area contributed by atoms with E-state index in [4.69, 9.17) is 14.2 Å². The van der Waals surface area contributed by atoms with Crippen molar-refractivity contribution in [2.45, 2.75) is 31.1 Å². The van der Waals surface area contributed by atoms with Crippen molar-refractivity contribution in [3.63, 3.8) is 0 Å². The molecule has 126 valence electrons. The molecule has 3 rings (SSSR count). The summed E-state index contributed by atoms with van der Waals surface area (Å²) in [6.07, 6.45) is 1.78. The first-order chi connectivity index (χ1) is 11.3. The molecule has 0 radical (unpaired) electrons. The van der Waals surface area contributed by atoms with Crippen LogP contribution in [0.15, 0.2) is 44.5 Å². The number of hydrogen-bond acceptors (Lipinski definition) is 7. The van der Waals surface area contributed by atoms with Gasteiger partial charge in [0.15, 0.2) is 5.82 Å². The molecule has 1 aromatic carbocycles. The summed E-state index contributed by atoms with van der Waals surface area (Å²) in [5.41, 5.74) is 2.10. The summed E-state index contributed by atoms with van der Waals surface area (Å²) < 4.78 is 33.1. The lowest BCUT2D eigenvalue weighted by molar-refractivity contribution is 0.407. The molecule has 0 spiro atoms. The summed E-state index contributed by atoms with van der Waals surface area (Å²) in [6.45, 7) is 3.97. The Morgan fingerprint density at radius 2 is 2.04 bits per heavy atom. The first kappa shape index (κ1) is 16.3. The van der Waals surface area contributed by atoms with E-state index in [2.05, 4.69) is 15.3 Å². The van der Waals surface area contributed by atoms with Gasteiger partial charge in [-0.25, -0.2) is 13.6 Å². The summed E-state index contributed by atoms with van der Waals surface area (Å²) in [5, 5.41) is 13.0. The van der Waals surface area contributed by atoms with Gasteiger partial charge in [0, 0.05) is 6.42 Å². The van der Waals surface area contributed by atoms with Crippen LogP contribution >= 0.6 is 0 Å². The number of benzene rings is 1. The predicted octanol–water partition coefficient (Wildman–Crippen LogP) is 2.09. The highest BCUT2D eigenvalue weighted by Gasteiger charge is 2.19. The van der Waals surface area contributed by atoms with Gasteiger partial charge in [0.2, 0.25) is 10.0 Å². The van der Waals surface area contributed by atoms with Crippen LogP contribution in [0.5, 0.6) is 0 Å². The van der Waals surface area contributed by atoms with Crippen LogP contribution < -0.4 is 5.14 Å². The molecule has 9 heteroatoms. The van der Waals surface area contributed by atoms with E-state index >= 15 is 0 Å². The molecule has 0 saturated carbocycles. The topological polar surface area (TPSA) is 125 Å². The minimum absolute atomic E-state index is 0.0462. The van der Waals surface area contributed by atoms with E-state index in [1.54, 1.807) is 12.1 Å². The monoisotopic (exact) mass is 348 g/mol. The van der Waals surface area contributed by atoms with Crippen molar-refractivity contribution in [1.29, 1.82) is 0 Å². The van der Waals surface area contributed by atoms with Gasteiger partial charge in [-0.1, -0.05) is 36.3 Å². The Hall–Kier alpha value is -2.52. The van der Waals surface area contributed by atoms with Gasteiger partial charge in [0.05, 0.1) is 10.6 Å². The summed E-state index contributed by atoms with van der Waals surface area (Å²) in [5.74, 6) is 0.894. The lowest BCUT2D eigenvalue weighted by Crippen LogP contribution is -2.12. The number of nitrogens with zero attached hydrogens (tertiary/aromatic N) is 3. The highest BCUT2D eigenvalue weighted by Crippen LogP contribution is 2.27. The Balaban J connectivity index is 1.86. The molecule has 0 unspecified atom stereocenters. The van der Waals surface area contributed by atoms with E-state index < -0.39 is 10.0 Å². The number of sulfonamides is 1. The summed E-state index contributed by atoms with van der Waals surface area (Å²) in [7, 11) is -3.75. The molecular weight excluding hydrogens is 332 g/mol. The minimum atomic E-state index is -3.75. The maximum absolute atomic E-state index is 11.4. The zero-order valence-corrected chi connectivity index (χ0v) is 13.9. The molecule has 0 aliphatic heterocycles. The van der Waals surface area contributed by atoms with E-state index in [1.165, 1.54) is 18.4 Å². The van der Waals surface area contributed by atoms with Gasteiger partial charge >= 0.3 is 0 Å². The van der Waals surface area contributed by atoms with E-state index in [1.807, 2.05) is 13.8 Å². The Morgan fingerprint density at radius 1 is 1.25 bits per heavy atom. The normalized spacial score (nSPS) is 12.0. The molecule has 0 atom stereocenters. The van der Waals surface area contributed by atoms with Gasteiger partial charge in [-0.2, -0.15) is 4.98 Å². The molecule has 24 heavy (non-hydrogen) atoms. The summed E-state index contributed by atoms with van der Waals surface area (Å²) in [4.78, 5) is 4.37. The van der Waals surface area contributed by atoms with Crippen LogP contribution in [-0.2, 0) is 16.4 Å². The van der Waals surface area contributed by atoms with Crippen molar-refractivity contribution in [1.82, 2.24) is 15.3 Å². The van der Waals surface area contributed by atoms with Crippen LogP contribution in [0.2, 0.25) is 0 Å². The van der Waals surface area contributed by atoms with E-state index in [9.17, 15) is 8.42 Å². The number of aromatic nitrogens is 3. The fourth-order valence-electron chi connectivity index (χ4n) is 2.27. The third kappa shape index (κ3) is 3.36. The van der Waals surface area contributed by atoms with Gasteiger partial charge in [-0.15, -0.1) is 0 Å². The average Bonchev–Trinajstić information content (AvgIpc) is 3.15. The van der Waals surface area contributed by atoms with Crippen LogP contribution in [0.3, 0.4) is 0 Å². The van der Waals surface area contributed by atoms with Crippen molar-refractivity contribution >= 4 is 10.0 Å². The highest BCUT2D eigenvalue weighted by molar-refractivity contribution is 7.89. The number of nitrogens with two attached hydrogens (primary N) is 1. The van der Waals surface area contributed by atoms with Crippen molar-refractivity contribution < 1.29 is 17.5 Å². The molecule has 0 saturated heterocycles. The summed E-state index contributed by atoms with van der Waals surface area (Å²) in [6, 6.07) is 6.31. The third-order valence-corrected chi connectivity index (χ3v) is 4.34. The zero-order valence-electron chi connectivity index (χ0n) is 13.1. The van der Waals surface area contributed by atoms with Crippen molar-refractivity contribution in [2.24, 2.45) is 5.14 Å². The van der Waals surface area contributed by atoms with Crippen molar-refractivity contribution in [3.8, 4) is 11.5 Å². The third-order valence-electron chi connectivity index (χ3n) is 3.43. The second kappa shape index (κ2) is 6.17. The standard InChI is InChI=1S/C15H16N4O4S/c1-9(2)14-12(8-22-19-14)15-17-13(18-23-15)7-10-4-3-5-11(6-10)24(16,20)21/h3-6,8-9H,7H2,1-2H3,(H2,16,20,21). The number of primary sulfonamides is 1. The highest BCUT2D eigenvalue weighted by atomic mass is 32.2. The first-order valence-electron chi connectivity index (χ1n) is 7.23. The minimum Gasteiger partial charge on any atom is -0.364 e. The Morgan fingerprint density at radius 3 is 2.75 bits per heavy atom. The van der Waals surface area contributed by atoms with Gasteiger partial charge < -0.3 is 9.05 Å². The van der Waals surface area contributed by atoms with Gasteiger partial charge in [0.1, 0.15) is 11.8 Å². The molecule has 2 N–H and O–H groups in total. The molecule has 0 bridgehead atoms. The smallest absolute Gasteiger partial charge is 0.263 e. The molecule has 0 amide bonds. The van der Waals surface area contributed by atoms with Crippen LogP contribution in [0.4, 0.5) is 0 Å². The lowest BCUT2D eigenvalue weighted by atomic mass is 10.1. The maximum atomic E-state index is 11.4.